The van der Waals surface area contributed by atoms with Gasteiger partial charge in [-0.25, -0.2) is 4.98 Å². The predicted octanol–water partition coefficient (Wildman–Crippen LogP) is 4.49. The van der Waals surface area contributed by atoms with Gasteiger partial charge in [0.25, 0.3) is 0 Å². The fraction of sp³-hybridized carbons (Fsp3) is 0.538. The Morgan fingerprint density at radius 1 is 1.20 bits per heavy atom. The van der Waals surface area contributed by atoms with Crippen molar-refractivity contribution in [2.24, 2.45) is 0 Å². The van der Waals surface area contributed by atoms with E-state index in [1.165, 1.54) is 0 Å². The second-order valence-electron chi connectivity index (χ2n) is 9.86. The number of hydrogen-bond acceptors (Lipinski definition) is 5. The first-order valence-corrected chi connectivity index (χ1v) is 12.9. The molecule has 0 spiro atoms. The molecule has 2 amide bonds. The van der Waals surface area contributed by atoms with Gasteiger partial charge in [0, 0.05) is 57.7 Å². The summed E-state index contributed by atoms with van der Waals surface area (Å²) in [4.78, 5) is 39.7. The fourth-order valence-corrected chi connectivity index (χ4v) is 5.61. The van der Waals surface area contributed by atoms with E-state index in [4.69, 9.17) is 23.2 Å². The van der Waals surface area contributed by atoms with E-state index in [2.05, 4.69) is 14.9 Å². The van der Waals surface area contributed by atoms with E-state index < -0.39 is 0 Å². The molecule has 2 aliphatic rings. The molecule has 0 bridgehead atoms. The Morgan fingerprint density at radius 2 is 1.94 bits per heavy atom. The minimum atomic E-state index is -0.277. The molecule has 7 nitrogen and oxygen atoms in total. The number of piperidine rings is 2. The van der Waals surface area contributed by atoms with E-state index in [-0.39, 0.29) is 17.2 Å². The van der Waals surface area contributed by atoms with Crippen molar-refractivity contribution in [2.75, 3.05) is 38.1 Å². The third-order valence-corrected chi connectivity index (χ3v) is 8.38. The van der Waals surface area contributed by atoms with Crippen molar-refractivity contribution in [3.63, 3.8) is 0 Å². The van der Waals surface area contributed by atoms with Gasteiger partial charge < -0.3 is 9.80 Å². The van der Waals surface area contributed by atoms with Gasteiger partial charge in [-0.2, -0.15) is 0 Å². The molecule has 188 valence electrons. The van der Waals surface area contributed by atoms with Crippen LogP contribution in [0.3, 0.4) is 0 Å². The highest BCUT2D eigenvalue weighted by atomic mass is 35.5. The van der Waals surface area contributed by atoms with Gasteiger partial charge in [-0.15, -0.1) is 0 Å². The number of aromatic nitrogens is 2. The number of amides is 2. The molecule has 0 N–H and O–H groups in total. The molecular formula is C26H33Cl2N5O2. The van der Waals surface area contributed by atoms with Crippen molar-refractivity contribution in [1.29, 1.82) is 0 Å². The van der Waals surface area contributed by atoms with Crippen molar-refractivity contribution in [1.82, 2.24) is 19.8 Å². The first-order valence-electron chi connectivity index (χ1n) is 12.2. The maximum absolute atomic E-state index is 13.0. The van der Waals surface area contributed by atoms with Crippen molar-refractivity contribution >= 4 is 40.8 Å². The van der Waals surface area contributed by atoms with Gasteiger partial charge in [0.2, 0.25) is 11.8 Å². The zero-order valence-corrected chi connectivity index (χ0v) is 22.1. The van der Waals surface area contributed by atoms with Gasteiger partial charge in [0.1, 0.15) is 0 Å². The van der Waals surface area contributed by atoms with Gasteiger partial charge in [-0.05, 0) is 56.8 Å². The summed E-state index contributed by atoms with van der Waals surface area (Å²) in [6, 6.07) is 6.14. The number of nitrogens with zero attached hydrogens (tertiary/aromatic N) is 5. The monoisotopic (exact) mass is 517 g/mol. The number of aryl methyl sites for hydroxylation is 1. The summed E-state index contributed by atoms with van der Waals surface area (Å²) >= 11 is 12.7. The van der Waals surface area contributed by atoms with Crippen LogP contribution in [0, 0.1) is 6.92 Å². The summed E-state index contributed by atoms with van der Waals surface area (Å²) in [6.45, 7) is 6.83. The molecular weight excluding hydrogens is 485 g/mol. The highest BCUT2D eigenvalue weighted by molar-refractivity contribution is 6.42. The van der Waals surface area contributed by atoms with E-state index in [1.807, 2.05) is 37.1 Å². The van der Waals surface area contributed by atoms with E-state index in [9.17, 15) is 9.59 Å². The van der Waals surface area contributed by atoms with Crippen molar-refractivity contribution in [3.8, 4) is 0 Å². The third kappa shape index (κ3) is 5.79. The highest BCUT2D eigenvalue weighted by Crippen LogP contribution is 2.41. The zero-order chi connectivity index (χ0) is 25.2. The average molecular weight is 518 g/mol. The Labute approximate surface area is 217 Å². The lowest BCUT2D eigenvalue weighted by molar-refractivity contribution is -0.130. The van der Waals surface area contributed by atoms with Crippen LogP contribution in [-0.4, -0.2) is 70.9 Å². The summed E-state index contributed by atoms with van der Waals surface area (Å²) < 4.78 is 0. The largest absolute Gasteiger partial charge is 0.343 e. The first kappa shape index (κ1) is 25.9. The predicted molar refractivity (Wildman–Crippen MR) is 139 cm³/mol. The van der Waals surface area contributed by atoms with Crippen LogP contribution in [0.4, 0.5) is 5.82 Å². The normalized spacial score (nSPS) is 21.9. The van der Waals surface area contributed by atoms with Crippen LogP contribution in [0.15, 0.2) is 30.6 Å². The molecule has 4 rings (SSSR count). The lowest BCUT2D eigenvalue weighted by atomic mass is 9.71. The number of hydrogen-bond donors (Lipinski definition) is 0. The maximum Gasteiger partial charge on any atom is 0.228 e. The molecule has 0 saturated carbocycles. The topological polar surface area (TPSA) is 69.6 Å². The number of benzene rings is 1. The van der Waals surface area contributed by atoms with Crippen molar-refractivity contribution in [2.45, 2.75) is 57.4 Å². The van der Waals surface area contributed by atoms with E-state index >= 15 is 0 Å². The van der Waals surface area contributed by atoms with Crippen molar-refractivity contribution in [3.05, 3.63) is 51.9 Å². The maximum atomic E-state index is 13.0. The molecule has 1 atom stereocenters. The second-order valence-corrected chi connectivity index (χ2v) is 10.7. The lowest BCUT2D eigenvalue weighted by Crippen LogP contribution is -2.51. The Hall–Kier alpha value is -2.22. The Kier molecular flexibility index (Phi) is 7.99. The molecule has 1 aromatic heterocycles. The minimum absolute atomic E-state index is 0.0636. The Morgan fingerprint density at radius 3 is 2.60 bits per heavy atom. The highest BCUT2D eigenvalue weighted by Gasteiger charge is 2.41. The van der Waals surface area contributed by atoms with Crippen molar-refractivity contribution < 1.29 is 9.59 Å². The number of halogens is 2. The van der Waals surface area contributed by atoms with Crippen LogP contribution in [0.25, 0.3) is 0 Å². The SMILES string of the molecule is CC(=O)N(C)C1CCN(CCC2(c3ccc(Cl)c(Cl)c3)CCC(=O)N(c3cncc(C)n3)C2)CC1. The number of likely N-dealkylation sites (tertiary alicyclic amines) is 1. The summed E-state index contributed by atoms with van der Waals surface area (Å²) in [7, 11) is 1.89. The summed E-state index contributed by atoms with van der Waals surface area (Å²) in [5, 5.41) is 1.05. The second kappa shape index (κ2) is 10.8. The molecule has 2 aromatic rings. The number of anilines is 1. The summed E-state index contributed by atoms with van der Waals surface area (Å²) in [5.74, 6) is 0.772. The van der Waals surface area contributed by atoms with Gasteiger partial charge >= 0.3 is 0 Å². The van der Waals surface area contributed by atoms with E-state index in [0.29, 0.717) is 34.9 Å². The summed E-state index contributed by atoms with van der Waals surface area (Å²) in [6.07, 6.45) is 7.34. The average Bonchev–Trinajstić information content (AvgIpc) is 2.85. The zero-order valence-electron chi connectivity index (χ0n) is 20.6. The summed E-state index contributed by atoms with van der Waals surface area (Å²) in [5.41, 5.74) is 1.59. The Bertz CT molecular complexity index is 1090. The molecule has 9 heteroatoms. The third-order valence-electron chi connectivity index (χ3n) is 7.64. The smallest absolute Gasteiger partial charge is 0.228 e. The minimum Gasteiger partial charge on any atom is -0.343 e. The van der Waals surface area contributed by atoms with Gasteiger partial charge in [0.15, 0.2) is 5.82 Å². The van der Waals surface area contributed by atoms with Crippen LogP contribution >= 0.6 is 23.2 Å². The molecule has 0 radical (unpaired) electrons. The molecule has 1 aromatic carbocycles. The number of carbonyl (C=O) groups excluding carboxylic acids is 2. The van der Waals surface area contributed by atoms with Crippen LogP contribution in [-0.2, 0) is 15.0 Å². The number of carbonyl (C=O) groups is 2. The van der Waals surface area contributed by atoms with Gasteiger partial charge in [0.05, 0.1) is 21.9 Å². The fourth-order valence-electron chi connectivity index (χ4n) is 5.31. The molecule has 2 aliphatic heterocycles. The number of rotatable bonds is 6. The first-order chi connectivity index (χ1) is 16.7. The van der Waals surface area contributed by atoms with Crippen LogP contribution in [0.1, 0.15) is 50.3 Å². The molecule has 35 heavy (non-hydrogen) atoms. The lowest BCUT2D eigenvalue weighted by Gasteiger charge is -2.44. The molecule has 2 saturated heterocycles. The van der Waals surface area contributed by atoms with Gasteiger partial charge in [-0.1, -0.05) is 29.3 Å². The quantitative estimate of drug-likeness (QED) is 0.564. The molecule has 3 heterocycles. The molecule has 1 unspecified atom stereocenters. The van der Waals surface area contributed by atoms with Crippen LogP contribution < -0.4 is 4.90 Å². The standard InChI is InChI=1S/C26H33Cl2N5O2/c1-18-15-29-16-24(30-18)33-17-26(9-6-25(33)35,20-4-5-22(27)23(28)14-20)10-13-32-11-7-21(8-12-32)31(3)19(2)34/h4-5,14-16,21H,6-13,17H2,1-3H3. The Balaban J connectivity index is 1.56. The molecule has 2 fully saturated rings. The van der Waals surface area contributed by atoms with E-state index in [1.54, 1.807) is 24.2 Å². The van der Waals surface area contributed by atoms with E-state index in [0.717, 1.165) is 56.6 Å². The molecule has 0 aliphatic carbocycles. The van der Waals surface area contributed by atoms with Crippen LogP contribution in [0.5, 0.6) is 0 Å². The van der Waals surface area contributed by atoms with Crippen LogP contribution in [0.2, 0.25) is 10.0 Å². The van der Waals surface area contributed by atoms with Gasteiger partial charge in [-0.3, -0.25) is 19.5 Å².